The fraction of sp³-hybridized carbons (Fsp3) is 0.500. The molecule has 1 aromatic rings. The van der Waals surface area contributed by atoms with Crippen LogP contribution in [0, 0.1) is 5.92 Å². The van der Waals surface area contributed by atoms with Crippen LogP contribution < -0.4 is 10.5 Å². The molecule has 0 aliphatic heterocycles. The number of methoxy groups -OCH3 is 1. The quantitative estimate of drug-likeness (QED) is 0.727. The van der Waals surface area contributed by atoms with Crippen LogP contribution in [0.3, 0.4) is 0 Å². The van der Waals surface area contributed by atoms with E-state index < -0.39 is 16.0 Å². The molecule has 3 N–H and O–H groups in total. The van der Waals surface area contributed by atoms with Gasteiger partial charge in [-0.15, -0.1) is 12.4 Å². The number of hydrogen-bond acceptors (Lipinski definition) is 5. The highest BCUT2D eigenvalue weighted by molar-refractivity contribution is 7.89. The predicted molar refractivity (Wildman–Crippen MR) is 87.6 cm³/mol. The maximum atomic E-state index is 12.3. The smallest absolute Gasteiger partial charge is 0.337 e. The Morgan fingerprint density at radius 3 is 2.50 bits per heavy atom. The number of benzene rings is 1. The van der Waals surface area contributed by atoms with Crippen LogP contribution in [-0.2, 0) is 14.8 Å². The molecule has 0 bridgehead atoms. The second-order valence-electron chi connectivity index (χ2n) is 5.20. The SMILES string of the molecule is COC(=O)c1cccc(S(=O)(=O)NC(CN)CC(C)C)c1.Cl. The highest BCUT2D eigenvalue weighted by Crippen LogP contribution is 2.14. The number of ether oxygens (including phenoxy) is 1. The number of hydrogen-bond donors (Lipinski definition) is 2. The van der Waals surface area contributed by atoms with Crippen LogP contribution in [0.1, 0.15) is 30.6 Å². The summed E-state index contributed by atoms with van der Waals surface area (Å²) in [5.41, 5.74) is 5.79. The number of halogens is 1. The largest absolute Gasteiger partial charge is 0.465 e. The number of carbonyl (C=O) groups excluding carboxylic acids is 1. The minimum atomic E-state index is -3.72. The van der Waals surface area contributed by atoms with Gasteiger partial charge in [0.25, 0.3) is 0 Å². The van der Waals surface area contributed by atoms with Crippen LogP contribution in [0.5, 0.6) is 0 Å². The van der Waals surface area contributed by atoms with E-state index in [0.717, 1.165) is 0 Å². The van der Waals surface area contributed by atoms with Crippen LogP contribution >= 0.6 is 12.4 Å². The van der Waals surface area contributed by atoms with Gasteiger partial charge >= 0.3 is 5.97 Å². The molecule has 126 valence electrons. The van der Waals surface area contributed by atoms with Gasteiger partial charge in [0.15, 0.2) is 0 Å². The average Bonchev–Trinajstić information content (AvgIpc) is 2.45. The van der Waals surface area contributed by atoms with Crippen LogP contribution in [0.15, 0.2) is 29.2 Å². The summed E-state index contributed by atoms with van der Waals surface area (Å²) in [5.74, 6) is -0.257. The second kappa shape index (κ2) is 9.09. The predicted octanol–water partition coefficient (Wildman–Crippen LogP) is 1.55. The topological polar surface area (TPSA) is 98.5 Å². The molecule has 22 heavy (non-hydrogen) atoms. The molecule has 6 nitrogen and oxygen atoms in total. The average molecular weight is 351 g/mol. The molecule has 0 saturated heterocycles. The fourth-order valence-corrected chi connectivity index (χ4v) is 3.26. The molecular weight excluding hydrogens is 328 g/mol. The normalized spacial score (nSPS) is 12.6. The van der Waals surface area contributed by atoms with Gasteiger partial charge in [0.05, 0.1) is 17.6 Å². The molecule has 0 saturated carbocycles. The Morgan fingerprint density at radius 2 is 2.00 bits per heavy atom. The van der Waals surface area contributed by atoms with Crippen molar-refractivity contribution in [1.29, 1.82) is 0 Å². The molecule has 0 spiro atoms. The van der Waals surface area contributed by atoms with Gasteiger partial charge in [0.1, 0.15) is 0 Å². The van der Waals surface area contributed by atoms with Gasteiger partial charge in [-0.25, -0.2) is 17.9 Å². The third kappa shape index (κ3) is 5.92. The van der Waals surface area contributed by atoms with Crippen LogP contribution in [-0.4, -0.2) is 34.1 Å². The zero-order valence-corrected chi connectivity index (χ0v) is 14.5. The molecule has 1 atom stereocenters. The Bertz CT molecular complexity index is 590. The van der Waals surface area contributed by atoms with E-state index in [2.05, 4.69) is 9.46 Å². The third-order valence-electron chi connectivity index (χ3n) is 2.93. The van der Waals surface area contributed by atoms with Gasteiger partial charge < -0.3 is 10.5 Å². The molecule has 1 rings (SSSR count). The summed E-state index contributed by atoms with van der Waals surface area (Å²) in [4.78, 5) is 11.5. The van der Waals surface area contributed by atoms with Crippen molar-refractivity contribution in [2.45, 2.75) is 31.2 Å². The van der Waals surface area contributed by atoms with E-state index >= 15 is 0 Å². The summed E-state index contributed by atoms with van der Waals surface area (Å²) >= 11 is 0. The van der Waals surface area contributed by atoms with Gasteiger partial charge in [-0.05, 0) is 30.5 Å². The maximum Gasteiger partial charge on any atom is 0.337 e. The lowest BCUT2D eigenvalue weighted by molar-refractivity contribution is 0.0600. The van der Waals surface area contributed by atoms with Gasteiger partial charge in [0.2, 0.25) is 10.0 Å². The first-order valence-corrected chi connectivity index (χ1v) is 8.19. The lowest BCUT2D eigenvalue weighted by atomic mass is 10.1. The van der Waals surface area contributed by atoms with E-state index in [0.29, 0.717) is 12.3 Å². The van der Waals surface area contributed by atoms with Crippen molar-refractivity contribution in [3.63, 3.8) is 0 Å². The number of carbonyl (C=O) groups is 1. The van der Waals surface area contributed by atoms with Crippen molar-refractivity contribution in [3.8, 4) is 0 Å². The van der Waals surface area contributed by atoms with E-state index in [1.807, 2.05) is 13.8 Å². The first kappa shape index (κ1) is 20.9. The molecule has 0 aromatic heterocycles. The summed E-state index contributed by atoms with van der Waals surface area (Å²) < 4.78 is 31.8. The van der Waals surface area contributed by atoms with E-state index in [1.165, 1.54) is 31.4 Å². The fourth-order valence-electron chi connectivity index (χ4n) is 1.96. The van der Waals surface area contributed by atoms with Gasteiger partial charge in [-0.1, -0.05) is 19.9 Å². The van der Waals surface area contributed by atoms with E-state index in [4.69, 9.17) is 5.73 Å². The summed E-state index contributed by atoms with van der Waals surface area (Å²) in [6, 6.07) is 5.38. The third-order valence-corrected chi connectivity index (χ3v) is 4.45. The van der Waals surface area contributed by atoms with Gasteiger partial charge in [-0.3, -0.25) is 0 Å². The zero-order chi connectivity index (χ0) is 16.0. The molecular formula is C14H23ClN2O4S. The van der Waals surface area contributed by atoms with Crippen LogP contribution in [0.2, 0.25) is 0 Å². The van der Waals surface area contributed by atoms with Crippen molar-refractivity contribution in [1.82, 2.24) is 4.72 Å². The molecule has 1 unspecified atom stereocenters. The highest BCUT2D eigenvalue weighted by atomic mass is 35.5. The van der Waals surface area contributed by atoms with Crippen LogP contribution in [0.25, 0.3) is 0 Å². The lowest BCUT2D eigenvalue weighted by Crippen LogP contribution is -2.41. The number of sulfonamides is 1. The summed E-state index contributed by atoms with van der Waals surface area (Å²) in [6.45, 7) is 4.21. The molecule has 0 aliphatic carbocycles. The van der Waals surface area contributed by atoms with Crippen molar-refractivity contribution in [3.05, 3.63) is 29.8 Å². The first-order chi connectivity index (χ1) is 9.80. The monoisotopic (exact) mass is 350 g/mol. The second-order valence-corrected chi connectivity index (χ2v) is 6.92. The number of rotatable bonds is 7. The molecule has 1 aromatic carbocycles. The van der Waals surface area contributed by atoms with Gasteiger partial charge in [0, 0.05) is 12.6 Å². The van der Waals surface area contributed by atoms with Crippen molar-refractivity contribution in [2.24, 2.45) is 11.7 Å². The molecule has 0 radical (unpaired) electrons. The summed E-state index contributed by atoms with van der Waals surface area (Å²) in [6.07, 6.45) is 0.645. The van der Waals surface area contributed by atoms with Crippen molar-refractivity contribution in [2.75, 3.05) is 13.7 Å². The molecule has 8 heteroatoms. The molecule has 0 heterocycles. The van der Waals surface area contributed by atoms with Gasteiger partial charge in [-0.2, -0.15) is 0 Å². The maximum absolute atomic E-state index is 12.3. The van der Waals surface area contributed by atoms with Crippen molar-refractivity contribution < 1.29 is 17.9 Å². The Kier molecular flexibility index (Phi) is 8.62. The van der Waals surface area contributed by atoms with Crippen LogP contribution in [0.4, 0.5) is 0 Å². The number of esters is 1. The van der Waals surface area contributed by atoms with E-state index in [9.17, 15) is 13.2 Å². The number of nitrogens with one attached hydrogen (secondary N) is 1. The van der Waals surface area contributed by atoms with E-state index in [1.54, 1.807) is 0 Å². The van der Waals surface area contributed by atoms with Crippen molar-refractivity contribution >= 4 is 28.4 Å². The Morgan fingerprint density at radius 1 is 1.36 bits per heavy atom. The Labute approximate surface area is 137 Å². The minimum Gasteiger partial charge on any atom is -0.465 e. The highest BCUT2D eigenvalue weighted by Gasteiger charge is 2.21. The zero-order valence-electron chi connectivity index (χ0n) is 12.9. The molecule has 0 fully saturated rings. The standard InChI is InChI=1S/C14H22N2O4S.ClH/c1-10(2)7-12(9-15)16-21(18,19)13-6-4-5-11(8-13)14(17)20-3;/h4-6,8,10,12,16H,7,9,15H2,1-3H3;1H. The Hall–Kier alpha value is -1.15. The van der Waals surface area contributed by atoms with E-state index in [-0.39, 0.29) is 35.5 Å². The molecule has 0 aliphatic rings. The number of nitrogens with two attached hydrogens (primary N) is 1. The Balaban J connectivity index is 0.00000441. The molecule has 0 amide bonds. The first-order valence-electron chi connectivity index (χ1n) is 6.71. The summed E-state index contributed by atoms with van der Waals surface area (Å²) in [7, 11) is -2.47. The minimum absolute atomic E-state index is 0. The summed E-state index contributed by atoms with van der Waals surface area (Å²) in [5, 5.41) is 0. The lowest BCUT2D eigenvalue weighted by Gasteiger charge is -2.19.